The number of hydrogen-bond acceptors (Lipinski definition) is 5. The van der Waals surface area contributed by atoms with Crippen LogP contribution in [0.4, 0.5) is 10.5 Å². The van der Waals surface area contributed by atoms with Crippen LogP contribution in [0.2, 0.25) is 0 Å². The van der Waals surface area contributed by atoms with Crippen molar-refractivity contribution in [1.82, 2.24) is 9.88 Å². The summed E-state index contributed by atoms with van der Waals surface area (Å²) in [6.45, 7) is 3.79. The van der Waals surface area contributed by atoms with Gasteiger partial charge in [-0.15, -0.1) is 11.3 Å². The molecule has 2 amide bonds. The van der Waals surface area contributed by atoms with Crippen molar-refractivity contribution in [3.8, 4) is 22.1 Å². The molecule has 7 heteroatoms. The summed E-state index contributed by atoms with van der Waals surface area (Å²) < 4.78 is 10.7. The summed E-state index contributed by atoms with van der Waals surface area (Å²) in [6, 6.07) is 15.2. The molecule has 0 radical (unpaired) electrons. The average Bonchev–Trinajstić information content (AvgIpc) is 3.19. The Morgan fingerprint density at radius 2 is 1.86 bits per heavy atom. The quantitative estimate of drug-likeness (QED) is 0.657. The second-order valence-corrected chi connectivity index (χ2v) is 7.76. The number of aromatic nitrogens is 1. The van der Waals surface area contributed by atoms with Gasteiger partial charge in [-0.05, 0) is 55.5 Å². The van der Waals surface area contributed by atoms with Crippen LogP contribution in [0.1, 0.15) is 17.5 Å². The Morgan fingerprint density at radius 3 is 2.55 bits per heavy atom. The molecule has 0 aliphatic carbocycles. The van der Waals surface area contributed by atoms with Gasteiger partial charge in [0.1, 0.15) is 16.5 Å². The molecule has 0 bridgehead atoms. The molecular weight excluding hydrogens is 386 g/mol. The molecule has 1 aliphatic heterocycles. The smallest absolute Gasteiger partial charge is 0.322 e. The van der Waals surface area contributed by atoms with Crippen molar-refractivity contribution >= 4 is 23.1 Å². The predicted molar refractivity (Wildman–Crippen MR) is 115 cm³/mol. The molecule has 1 aliphatic rings. The fourth-order valence-electron chi connectivity index (χ4n) is 3.23. The Labute approximate surface area is 174 Å². The first-order chi connectivity index (χ1) is 14.2. The van der Waals surface area contributed by atoms with Crippen molar-refractivity contribution in [2.75, 3.05) is 25.6 Å². The van der Waals surface area contributed by atoms with E-state index in [0.717, 1.165) is 44.7 Å². The number of ether oxygens (including phenoxy) is 2. The van der Waals surface area contributed by atoms with E-state index in [1.165, 1.54) is 0 Å². The Bertz CT molecular complexity index is 984. The lowest BCUT2D eigenvalue weighted by Crippen LogP contribution is -2.38. The number of methoxy groups -OCH3 is 1. The molecule has 1 N–H and O–H groups in total. The van der Waals surface area contributed by atoms with E-state index in [4.69, 9.17) is 14.5 Å². The van der Waals surface area contributed by atoms with Gasteiger partial charge < -0.3 is 19.7 Å². The van der Waals surface area contributed by atoms with Gasteiger partial charge in [0.15, 0.2) is 0 Å². The zero-order chi connectivity index (χ0) is 20.2. The van der Waals surface area contributed by atoms with Gasteiger partial charge >= 0.3 is 6.03 Å². The monoisotopic (exact) mass is 409 g/mol. The van der Waals surface area contributed by atoms with Crippen LogP contribution in [0.3, 0.4) is 0 Å². The van der Waals surface area contributed by atoms with Crippen LogP contribution in [0.25, 0.3) is 10.6 Å². The minimum atomic E-state index is -0.0980. The number of anilines is 1. The molecule has 0 fully saturated rings. The standard InChI is InChI=1S/C22H23N3O3S/c1-3-28-18-10-6-16(7-11-18)23-22(26)25-13-12-19-20(14-25)29-21(24-19)15-4-8-17(27-2)9-5-15/h4-11H,3,12-14H2,1-2H3,(H,23,26). The van der Waals surface area contributed by atoms with Gasteiger partial charge in [0.2, 0.25) is 0 Å². The molecule has 0 saturated heterocycles. The highest BCUT2D eigenvalue weighted by atomic mass is 32.1. The number of carbonyl (C=O) groups excluding carboxylic acids is 1. The number of fused-ring (bicyclic) bond motifs is 1. The van der Waals surface area contributed by atoms with Gasteiger partial charge in [0.25, 0.3) is 0 Å². The highest BCUT2D eigenvalue weighted by molar-refractivity contribution is 7.15. The first kappa shape index (κ1) is 19.3. The van der Waals surface area contributed by atoms with Gasteiger partial charge in [-0.25, -0.2) is 9.78 Å². The molecule has 4 rings (SSSR count). The van der Waals surface area contributed by atoms with Crippen LogP contribution in [-0.2, 0) is 13.0 Å². The summed E-state index contributed by atoms with van der Waals surface area (Å²) in [5, 5.41) is 3.94. The third-order valence-corrected chi connectivity index (χ3v) is 5.90. The van der Waals surface area contributed by atoms with Crippen molar-refractivity contribution < 1.29 is 14.3 Å². The summed E-state index contributed by atoms with van der Waals surface area (Å²) in [5.74, 6) is 1.62. The topological polar surface area (TPSA) is 63.7 Å². The van der Waals surface area contributed by atoms with E-state index in [1.807, 2.05) is 60.4 Å². The highest BCUT2D eigenvalue weighted by Gasteiger charge is 2.24. The lowest BCUT2D eigenvalue weighted by molar-refractivity contribution is 0.207. The number of hydrogen-bond donors (Lipinski definition) is 1. The normalized spacial score (nSPS) is 13.0. The molecule has 1 aromatic heterocycles. The number of urea groups is 1. The zero-order valence-corrected chi connectivity index (χ0v) is 17.3. The maximum Gasteiger partial charge on any atom is 0.322 e. The van der Waals surface area contributed by atoms with Crippen LogP contribution in [-0.4, -0.2) is 36.2 Å². The molecular formula is C22H23N3O3S. The Hall–Kier alpha value is -3.06. The van der Waals surface area contributed by atoms with Crippen molar-refractivity contribution in [2.45, 2.75) is 19.9 Å². The number of thiazole rings is 1. The van der Waals surface area contributed by atoms with E-state index in [0.29, 0.717) is 19.7 Å². The molecule has 150 valence electrons. The van der Waals surface area contributed by atoms with Crippen molar-refractivity contribution in [3.63, 3.8) is 0 Å². The molecule has 0 saturated carbocycles. The molecule has 0 atom stereocenters. The number of rotatable bonds is 5. The Morgan fingerprint density at radius 1 is 1.14 bits per heavy atom. The molecule has 2 heterocycles. The summed E-state index contributed by atoms with van der Waals surface area (Å²) in [7, 11) is 1.66. The minimum absolute atomic E-state index is 0.0980. The number of benzene rings is 2. The third-order valence-electron chi connectivity index (χ3n) is 4.77. The van der Waals surface area contributed by atoms with E-state index in [9.17, 15) is 4.79 Å². The van der Waals surface area contributed by atoms with Crippen LogP contribution < -0.4 is 14.8 Å². The zero-order valence-electron chi connectivity index (χ0n) is 16.5. The molecule has 0 spiro atoms. The summed E-state index contributed by atoms with van der Waals surface area (Å²) in [5.41, 5.74) is 2.91. The Balaban J connectivity index is 1.42. The largest absolute Gasteiger partial charge is 0.497 e. The SMILES string of the molecule is CCOc1ccc(NC(=O)N2CCc3nc(-c4ccc(OC)cc4)sc3C2)cc1. The fourth-order valence-corrected chi connectivity index (χ4v) is 4.36. The van der Waals surface area contributed by atoms with Gasteiger partial charge in [-0.3, -0.25) is 0 Å². The van der Waals surface area contributed by atoms with E-state index >= 15 is 0 Å². The Kier molecular flexibility index (Phi) is 5.67. The maximum absolute atomic E-state index is 12.7. The lowest BCUT2D eigenvalue weighted by atomic mass is 10.2. The second kappa shape index (κ2) is 8.53. The van der Waals surface area contributed by atoms with Crippen LogP contribution in [0.15, 0.2) is 48.5 Å². The molecule has 2 aromatic carbocycles. The van der Waals surface area contributed by atoms with E-state index in [2.05, 4.69) is 5.32 Å². The predicted octanol–water partition coefficient (Wildman–Crippen LogP) is 4.81. The van der Waals surface area contributed by atoms with Crippen LogP contribution in [0, 0.1) is 0 Å². The average molecular weight is 410 g/mol. The van der Waals surface area contributed by atoms with Gasteiger partial charge in [-0.1, -0.05) is 0 Å². The van der Waals surface area contributed by atoms with Gasteiger partial charge in [0, 0.05) is 29.1 Å². The molecule has 0 unspecified atom stereocenters. The van der Waals surface area contributed by atoms with E-state index in [1.54, 1.807) is 18.4 Å². The van der Waals surface area contributed by atoms with Crippen molar-refractivity contribution in [1.29, 1.82) is 0 Å². The summed E-state index contributed by atoms with van der Waals surface area (Å²) >= 11 is 1.65. The van der Waals surface area contributed by atoms with E-state index < -0.39 is 0 Å². The molecule has 3 aromatic rings. The third kappa shape index (κ3) is 4.35. The van der Waals surface area contributed by atoms with Crippen LogP contribution in [0.5, 0.6) is 11.5 Å². The number of nitrogens with one attached hydrogen (secondary N) is 1. The van der Waals surface area contributed by atoms with Crippen molar-refractivity contribution in [2.24, 2.45) is 0 Å². The maximum atomic E-state index is 12.7. The second-order valence-electron chi connectivity index (χ2n) is 6.68. The number of nitrogens with zero attached hydrogens (tertiary/aromatic N) is 2. The molecule has 6 nitrogen and oxygen atoms in total. The van der Waals surface area contributed by atoms with E-state index in [-0.39, 0.29) is 6.03 Å². The first-order valence-corrected chi connectivity index (χ1v) is 10.4. The number of carbonyl (C=O) groups is 1. The summed E-state index contributed by atoms with van der Waals surface area (Å²) in [6.07, 6.45) is 0.763. The first-order valence-electron chi connectivity index (χ1n) is 9.58. The highest BCUT2D eigenvalue weighted by Crippen LogP contribution is 2.32. The fraction of sp³-hybridized carbons (Fsp3) is 0.273. The van der Waals surface area contributed by atoms with Gasteiger partial charge in [-0.2, -0.15) is 0 Å². The number of amides is 2. The van der Waals surface area contributed by atoms with Crippen LogP contribution >= 0.6 is 11.3 Å². The van der Waals surface area contributed by atoms with Crippen molar-refractivity contribution in [3.05, 3.63) is 59.1 Å². The molecule has 29 heavy (non-hydrogen) atoms. The minimum Gasteiger partial charge on any atom is -0.497 e. The summed E-state index contributed by atoms with van der Waals surface area (Å²) in [4.78, 5) is 20.4. The van der Waals surface area contributed by atoms with Gasteiger partial charge in [0.05, 0.1) is 26.0 Å². The lowest BCUT2D eigenvalue weighted by Gasteiger charge is -2.26.